The quantitative estimate of drug-likeness (QED) is 0.655. The zero-order chi connectivity index (χ0) is 20.0. The predicted octanol–water partition coefficient (Wildman–Crippen LogP) is 2.73. The van der Waals surface area contributed by atoms with Gasteiger partial charge in [0.15, 0.2) is 6.10 Å². The molecule has 0 spiro atoms. The van der Waals surface area contributed by atoms with Crippen molar-refractivity contribution in [2.24, 2.45) is 22.7 Å². The number of ether oxygens (including phenoxy) is 3. The summed E-state index contributed by atoms with van der Waals surface area (Å²) in [4.78, 5) is 25.7. The van der Waals surface area contributed by atoms with E-state index in [2.05, 4.69) is 0 Å². The van der Waals surface area contributed by atoms with Gasteiger partial charge in [0, 0.05) is 6.42 Å². The Balaban J connectivity index is 1.35. The van der Waals surface area contributed by atoms with Crippen LogP contribution in [0.4, 0.5) is 0 Å². The first kappa shape index (κ1) is 18.2. The molecule has 0 aromatic rings. The van der Waals surface area contributed by atoms with Gasteiger partial charge in [-0.15, -0.1) is 0 Å². The van der Waals surface area contributed by atoms with Crippen molar-refractivity contribution in [2.45, 2.75) is 88.3 Å². The normalized spacial score (nSPS) is 51.4. The van der Waals surface area contributed by atoms with Crippen molar-refractivity contribution in [2.75, 3.05) is 0 Å². The second-order valence-electron chi connectivity index (χ2n) is 10.2. The number of aliphatic carboxylic acids is 2. The molecule has 3 heterocycles. The molecule has 3 saturated heterocycles. The molecular formula is C22H28O7. The van der Waals surface area contributed by atoms with E-state index < -0.39 is 22.8 Å². The van der Waals surface area contributed by atoms with E-state index in [4.69, 9.17) is 14.2 Å². The Morgan fingerprint density at radius 1 is 0.897 bits per heavy atom. The van der Waals surface area contributed by atoms with Gasteiger partial charge in [0.05, 0.1) is 29.8 Å². The first-order valence-corrected chi connectivity index (χ1v) is 11.1. The lowest BCUT2D eigenvalue weighted by Crippen LogP contribution is -2.55. The lowest BCUT2D eigenvalue weighted by atomic mass is 9.52. The predicted molar refractivity (Wildman–Crippen MR) is 98.9 cm³/mol. The van der Waals surface area contributed by atoms with Crippen LogP contribution in [0.1, 0.15) is 57.8 Å². The Labute approximate surface area is 169 Å². The van der Waals surface area contributed by atoms with Gasteiger partial charge in [0.1, 0.15) is 11.2 Å². The van der Waals surface area contributed by atoms with Gasteiger partial charge >= 0.3 is 11.9 Å². The highest BCUT2D eigenvalue weighted by Gasteiger charge is 2.68. The molecular weight excluding hydrogens is 376 g/mol. The van der Waals surface area contributed by atoms with E-state index >= 15 is 0 Å². The highest BCUT2D eigenvalue weighted by atomic mass is 16.6. The molecule has 0 radical (unpaired) electrons. The van der Waals surface area contributed by atoms with Crippen molar-refractivity contribution in [3.8, 4) is 0 Å². The minimum absolute atomic E-state index is 0.170. The fourth-order valence-corrected chi connectivity index (χ4v) is 6.81. The van der Waals surface area contributed by atoms with Crippen molar-refractivity contribution < 1.29 is 34.0 Å². The van der Waals surface area contributed by atoms with Gasteiger partial charge in [-0.1, -0.05) is 0 Å². The third-order valence-electron chi connectivity index (χ3n) is 8.58. The van der Waals surface area contributed by atoms with Crippen LogP contribution in [0.2, 0.25) is 0 Å². The smallest absolute Gasteiger partial charge is 0.314 e. The zero-order valence-corrected chi connectivity index (χ0v) is 16.4. The van der Waals surface area contributed by atoms with Crippen LogP contribution in [0.15, 0.2) is 11.8 Å². The largest absolute Gasteiger partial charge is 0.483 e. The molecule has 9 unspecified atom stereocenters. The number of carbonyl (C=O) groups is 2. The number of rotatable bonds is 6. The summed E-state index contributed by atoms with van der Waals surface area (Å²) in [6, 6.07) is 0. The van der Waals surface area contributed by atoms with Crippen molar-refractivity contribution in [3.63, 3.8) is 0 Å². The maximum Gasteiger partial charge on any atom is 0.314 e. The second-order valence-corrected chi connectivity index (χ2v) is 10.2. The molecule has 0 bridgehead atoms. The minimum Gasteiger partial charge on any atom is -0.483 e. The van der Waals surface area contributed by atoms with Gasteiger partial charge in [-0.3, -0.25) is 9.59 Å². The van der Waals surface area contributed by atoms with Gasteiger partial charge in [0.25, 0.3) is 0 Å². The Morgan fingerprint density at radius 3 is 2.07 bits per heavy atom. The van der Waals surface area contributed by atoms with Crippen molar-refractivity contribution in [3.05, 3.63) is 11.8 Å². The van der Waals surface area contributed by atoms with Crippen molar-refractivity contribution in [1.82, 2.24) is 0 Å². The van der Waals surface area contributed by atoms with Crippen LogP contribution in [-0.4, -0.2) is 52.7 Å². The molecule has 9 atom stereocenters. The molecule has 2 saturated carbocycles. The molecule has 158 valence electrons. The molecule has 7 heteroatoms. The summed E-state index contributed by atoms with van der Waals surface area (Å²) in [5.41, 5.74) is -2.76. The molecule has 3 aliphatic carbocycles. The average Bonchev–Trinajstić information content (AvgIpc) is 3.55. The van der Waals surface area contributed by atoms with Crippen molar-refractivity contribution >= 4 is 11.9 Å². The first-order valence-electron chi connectivity index (χ1n) is 11.1. The Bertz CT molecular complexity index is 792. The van der Waals surface area contributed by atoms with Gasteiger partial charge in [-0.25, -0.2) is 0 Å². The van der Waals surface area contributed by atoms with Crippen LogP contribution in [0, 0.1) is 22.7 Å². The molecule has 3 aliphatic heterocycles. The van der Waals surface area contributed by atoms with Gasteiger partial charge in [0.2, 0.25) is 0 Å². The average molecular weight is 404 g/mol. The van der Waals surface area contributed by atoms with Crippen LogP contribution in [0.3, 0.4) is 0 Å². The summed E-state index contributed by atoms with van der Waals surface area (Å²) < 4.78 is 16.9. The Hall–Kier alpha value is -1.60. The fraction of sp³-hybridized carbons (Fsp3) is 0.818. The van der Waals surface area contributed by atoms with Crippen LogP contribution in [0.5, 0.6) is 0 Å². The van der Waals surface area contributed by atoms with E-state index in [-0.39, 0.29) is 36.6 Å². The summed E-state index contributed by atoms with van der Waals surface area (Å²) in [6.45, 7) is 0. The molecule has 0 aromatic carbocycles. The third-order valence-corrected chi connectivity index (χ3v) is 8.58. The van der Waals surface area contributed by atoms with E-state index in [1.165, 1.54) is 0 Å². The second kappa shape index (κ2) is 5.97. The molecule has 7 nitrogen and oxygen atoms in total. The fourth-order valence-electron chi connectivity index (χ4n) is 6.81. The first-order chi connectivity index (χ1) is 13.9. The SMILES string of the molecule is O=C(O)C1(CC2CCC3OC3C2)C=C2OC2CC1(CC1CCC2OC2C1)C(=O)O. The molecule has 6 rings (SSSR count). The highest BCUT2D eigenvalue weighted by Crippen LogP contribution is 2.62. The molecule has 0 amide bonds. The van der Waals surface area contributed by atoms with E-state index in [1.807, 2.05) is 0 Å². The van der Waals surface area contributed by atoms with E-state index in [0.29, 0.717) is 30.8 Å². The number of epoxide rings is 3. The molecule has 6 aliphatic rings. The van der Waals surface area contributed by atoms with Crippen LogP contribution < -0.4 is 0 Å². The van der Waals surface area contributed by atoms with Gasteiger partial charge in [-0.05, 0) is 69.3 Å². The van der Waals surface area contributed by atoms with Crippen LogP contribution in [0.25, 0.3) is 0 Å². The van der Waals surface area contributed by atoms with E-state index in [1.54, 1.807) is 6.08 Å². The maximum absolute atomic E-state index is 12.8. The Morgan fingerprint density at radius 2 is 1.52 bits per heavy atom. The number of fused-ring (bicyclic) bond motifs is 3. The van der Waals surface area contributed by atoms with E-state index in [9.17, 15) is 19.8 Å². The maximum atomic E-state index is 12.8. The highest BCUT2D eigenvalue weighted by molar-refractivity contribution is 5.89. The summed E-state index contributed by atoms with van der Waals surface area (Å²) in [6.07, 6.45) is 9.02. The monoisotopic (exact) mass is 404 g/mol. The molecule has 5 fully saturated rings. The lowest BCUT2D eigenvalue weighted by molar-refractivity contribution is -0.175. The number of hydrogen-bond acceptors (Lipinski definition) is 5. The summed E-state index contributed by atoms with van der Waals surface area (Å²) in [5.74, 6) is -0.972. The third kappa shape index (κ3) is 2.76. The van der Waals surface area contributed by atoms with Crippen LogP contribution >= 0.6 is 0 Å². The van der Waals surface area contributed by atoms with Gasteiger partial charge in [-0.2, -0.15) is 0 Å². The number of carboxylic acid groups (broad SMARTS) is 2. The van der Waals surface area contributed by atoms with E-state index in [0.717, 1.165) is 38.5 Å². The Kier molecular flexibility index (Phi) is 3.75. The summed E-state index contributed by atoms with van der Waals surface area (Å²) >= 11 is 0. The summed E-state index contributed by atoms with van der Waals surface area (Å²) in [7, 11) is 0. The molecule has 29 heavy (non-hydrogen) atoms. The summed E-state index contributed by atoms with van der Waals surface area (Å²) in [5, 5.41) is 21.0. The molecule has 2 N–H and O–H groups in total. The van der Waals surface area contributed by atoms with Crippen LogP contribution in [-0.2, 0) is 23.8 Å². The topological polar surface area (TPSA) is 112 Å². The molecule has 0 aromatic heterocycles. The lowest BCUT2D eigenvalue weighted by Gasteiger charge is -2.47. The zero-order valence-electron chi connectivity index (χ0n) is 16.4. The van der Waals surface area contributed by atoms with Crippen molar-refractivity contribution in [1.29, 1.82) is 0 Å². The standard InChI is InChI=1S/C22H28O7/c23-19(24)21(7-11-1-3-13-15(5-11)27-13)9-17-18(29-17)10-22(21,20(25)26)8-12-2-4-14-16(6-12)28-14/h9,11-16,18H,1-8,10H2,(H,23,24)(H,25,26). The number of hydrogen-bond donors (Lipinski definition) is 2. The minimum atomic E-state index is -1.42. The van der Waals surface area contributed by atoms with Gasteiger partial charge < -0.3 is 24.4 Å². The number of carboxylic acids is 2.